The number of hydrogen-bond donors (Lipinski definition) is 2. The van der Waals surface area contributed by atoms with Crippen LogP contribution in [0.3, 0.4) is 0 Å². The number of nitrogens with zero attached hydrogens (tertiary/aromatic N) is 4. The van der Waals surface area contributed by atoms with Gasteiger partial charge in [0.1, 0.15) is 29.2 Å². The Kier molecular flexibility index (Phi) is 10.0. The Bertz CT molecular complexity index is 1200. The lowest BCUT2D eigenvalue weighted by Crippen LogP contribution is -2.28. The molecule has 6 rings (SSSR count). The van der Waals surface area contributed by atoms with E-state index in [2.05, 4.69) is 15.3 Å². The van der Waals surface area contributed by atoms with Crippen LogP contribution in [0.25, 0.3) is 0 Å². The van der Waals surface area contributed by atoms with Crippen molar-refractivity contribution in [3.05, 3.63) is 36.4 Å². The number of pyridine rings is 2. The van der Waals surface area contributed by atoms with E-state index in [9.17, 15) is 27.2 Å². The molecule has 220 valence electrons. The fourth-order valence-corrected chi connectivity index (χ4v) is 4.92. The first kappa shape index (κ1) is 32.0. The summed E-state index contributed by atoms with van der Waals surface area (Å²) in [5, 5.41) is 2.03. The molecule has 2 aromatic heterocycles. The standard InChI is InChI=1S/C12H12ClF2N3O.C10H11F2N3.C2H2Cl2O.CH4/c13-4-11(19)17-9-2-1-3-10(16-9)18-5-7-8(6-18)12(7,14)15;11-10(12)6-4-15(5-7(6)10)9-3-1-2-8(13)14-9;3-1-2(4)5;/h1-3,7-8H,4-6H2,(H,16,17,19);1-3,6-7H,4-5H2,(H2,13,14);1H2;1H4. The van der Waals surface area contributed by atoms with Crippen LogP contribution < -0.4 is 20.9 Å². The van der Waals surface area contributed by atoms with Gasteiger partial charge in [-0.15, -0.1) is 23.2 Å². The number of alkyl halides is 6. The molecule has 4 unspecified atom stereocenters. The fraction of sp³-hybridized carbons (Fsp3) is 0.520. The fourth-order valence-electron chi connectivity index (χ4n) is 4.85. The van der Waals surface area contributed by atoms with E-state index >= 15 is 0 Å². The van der Waals surface area contributed by atoms with Crippen molar-refractivity contribution in [3.8, 4) is 0 Å². The quantitative estimate of drug-likeness (QED) is 0.275. The molecule has 40 heavy (non-hydrogen) atoms. The Balaban J connectivity index is 0.000000188. The first-order valence-electron chi connectivity index (χ1n) is 11.9. The highest BCUT2D eigenvalue weighted by Crippen LogP contribution is 2.60. The predicted octanol–water partition coefficient (Wildman–Crippen LogP) is 4.95. The molecule has 0 spiro atoms. The number of amides is 1. The van der Waals surface area contributed by atoms with Crippen LogP contribution in [0.5, 0.6) is 0 Å². The molecule has 8 nitrogen and oxygen atoms in total. The Morgan fingerprint density at radius 1 is 0.850 bits per heavy atom. The van der Waals surface area contributed by atoms with Crippen LogP contribution in [0.15, 0.2) is 36.4 Å². The lowest BCUT2D eigenvalue weighted by atomic mass is 10.3. The van der Waals surface area contributed by atoms with Gasteiger partial charge in [-0.3, -0.25) is 9.59 Å². The topological polar surface area (TPSA) is 104 Å². The van der Waals surface area contributed by atoms with E-state index in [-0.39, 0.29) is 25.1 Å². The minimum absolute atomic E-state index is 0. The van der Waals surface area contributed by atoms with Crippen molar-refractivity contribution in [2.45, 2.75) is 19.3 Å². The average molecular weight is 628 g/mol. The summed E-state index contributed by atoms with van der Waals surface area (Å²) in [5.41, 5.74) is 5.54. The van der Waals surface area contributed by atoms with Gasteiger partial charge in [-0.25, -0.2) is 27.5 Å². The van der Waals surface area contributed by atoms with E-state index < -0.39 is 40.8 Å². The summed E-state index contributed by atoms with van der Waals surface area (Å²) < 4.78 is 52.1. The first-order chi connectivity index (χ1) is 18.4. The molecule has 4 heterocycles. The zero-order chi connectivity index (χ0) is 28.5. The second-order valence-electron chi connectivity index (χ2n) is 9.56. The monoisotopic (exact) mass is 626 g/mol. The van der Waals surface area contributed by atoms with Crippen molar-refractivity contribution >= 4 is 69.2 Å². The Morgan fingerprint density at radius 2 is 1.27 bits per heavy atom. The van der Waals surface area contributed by atoms with Crippen molar-refractivity contribution in [2.24, 2.45) is 23.7 Å². The van der Waals surface area contributed by atoms with Crippen LogP contribution >= 0.6 is 34.8 Å². The molecular weight excluding hydrogens is 599 g/mol. The van der Waals surface area contributed by atoms with Gasteiger partial charge in [0, 0.05) is 26.2 Å². The van der Waals surface area contributed by atoms with Gasteiger partial charge in [-0.1, -0.05) is 19.6 Å². The first-order valence-corrected chi connectivity index (χ1v) is 13.4. The molecule has 0 radical (unpaired) electrons. The van der Waals surface area contributed by atoms with E-state index in [1.165, 1.54) is 0 Å². The van der Waals surface area contributed by atoms with Crippen molar-refractivity contribution in [2.75, 3.05) is 58.8 Å². The normalized spacial score (nSPS) is 25.6. The average Bonchev–Trinajstić information content (AvgIpc) is 3.39. The Hall–Kier alpha value is -2.57. The third-order valence-corrected chi connectivity index (χ3v) is 7.79. The lowest BCUT2D eigenvalue weighted by molar-refractivity contribution is -0.114. The molecule has 1 amide bonds. The van der Waals surface area contributed by atoms with E-state index in [0.717, 1.165) is 0 Å². The SMILES string of the molecule is C.Nc1cccc(N2CC3C(C2)C3(F)F)n1.O=C(CCl)Nc1cccc(N2CC3C(C2)C3(F)F)n1.O=C(Cl)CCl. The number of carbonyl (C=O) groups excluding carboxylic acids is 2. The van der Waals surface area contributed by atoms with Crippen LogP contribution in [0.1, 0.15) is 7.43 Å². The number of rotatable bonds is 5. The molecule has 2 aliphatic heterocycles. The summed E-state index contributed by atoms with van der Waals surface area (Å²) in [6, 6.07) is 10.4. The smallest absolute Gasteiger partial charge is 0.258 e. The van der Waals surface area contributed by atoms with Gasteiger partial charge in [0.05, 0.1) is 29.6 Å². The number of fused-ring (bicyclic) bond motifs is 2. The minimum atomic E-state index is -2.50. The molecular formula is C25H29Cl3F4N6O2. The molecule has 2 saturated heterocycles. The highest BCUT2D eigenvalue weighted by Gasteiger charge is 2.72. The van der Waals surface area contributed by atoms with Crippen LogP contribution in [-0.4, -0.2) is 70.9 Å². The van der Waals surface area contributed by atoms with E-state index in [1.807, 2.05) is 9.80 Å². The molecule has 0 aromatic carbocycles. The largest absolute Gasteiger partial charge is 0.384 e. The minimum Gasteiger partial charge on any atom is -0.384 e. The summed E-state index contributed by atoms with van der Waals surface area (Å²) in [5.74, 6) is -5.43. The highest BCUT2D eigenvalue weighted by molar-refractivity contribution is 6.67. The van der Waals surface area contributed by atoms with E-state index in [4.69, 9.17) is 40.5 Å². The zero-order valence-electron chi connectivity index (χ0n) is 20.3. The van der Waals surface area contributed by atoms with Gasteiger partial charge >= 0.3 is 0 Å². The summed E-state index contributed by atoms with van der Waals surface area (Å²) in [6.45, 7) is 1.43. The molecule has 4 fully saturated rings. The van der Waals surface area contributed by atoms with Crippen molar-refractivity contribution in [1.29, 1.82) is 0 Å². The molecule has 4 atom stereocenters. The molecule has 2 aliphatic carbocycles. The predicted molar refractivity (Wildman–Crippen MR) is 149 cm³/mol. The van der Waals surface area contributed by atoms with Gasteiger partial charge in [0.15, 0.2) is 0 Å². The van der Waals surface area contributed by atoms with E-state index in [0.29, 0.717) is 49.5 Å². The summed E-state index contributed by atoms with van der Waals surface area (Å²) >= 11 is 14.9. The molecule has 4 aliphatic rings. The molecule has 0 bridgehead atoms. The Labute approximate surface area is 244 Å². The maximum absolute atomic E-state index is 13.1. The molecule has 3 N–H and O–H groups in total. The number of anilines is 4. The van der Waals surface area contributed by atoms with Crippen LogP contribution in [0.2, 0.25) is 0 Å². The van der Waals surface area contributed by atoms with Crippen LogP contribution in [0, 0.1) is 23.7 Å². The second kappa shape index (κ2) is 12.5. The van der Waals surface area contributed by atoms with Gasteiger partial charge < -0.3 is 20.9 Å². The summed E-state index contributed by atoms with van der Waals surface area (Å²) in [4.78, 5) is 32.7. The van der Waals surface area contributed by atoms with Crippen LogP contribution in [-0.2, 0) is 9.59 Å². The number of nitrogens with one attached hydrogen (secondary N) is 1. The Morgan fingerprint density at radius 3 is 1.68 bits per heavy atom. The number of nitrogen functional groups attached to an aromatic ring is 1. The molecule has 15 heteroatoms. The number of carbonyl (C=O) groups is 2. The zero-order valence-corrected chi connectivity index (χ0v) is 22.6. The van der Waals surface area contributed by atoms with Crippen molar-refractivity contribution < 1.29 is 27.2 Å². The molecule has 2 aromatic rings. The lowest BCUT2D eigenvalue weighted by Gasteiger charge is -2.21. The summed E-state index contributed by atoms with van der Waals surface area (Å²) in [6.07, 6.45) is 0. The summed E-state index contributed by atoms with van der Waals surface area (Å²) in [7, 11) is 0. The maximum atomic E-state index is 13.1. The number of nitrogens with two attached hydrogens (primary N) is 1. The number of aromatic nitrogens is 2. The van der Waals surface area contributed by atoms with Gasteiger partial charge in [-0.05, 0) is 35.9 Å². The molecule has 2 saturated carbocycles. The van der Waals surface area contributed by atoms with Gasteiger partial charge in [-0.2, -0.15) is 0 Å². The number of halogens is 7. The maximum Gasteiger partial charge on any atom is 0.258 e. The van der Waals surface area contributed by atoms with Crippen LogP contribution in [0.4, 0.5) is 40.8 Å². The highest BCUT2D eigenvalue weighted by atomic mass is 35.5. The van der Waals surface area contributed by atoms with Gasteiger partial charge in [0.2, 0.25) is 11.1 Å². The second-order valence-corrected chi connectivity index (χ2v) is 10.5. The van der Waals surface area contributed by atoms with Crippen molar-refractivity contribution in [1.82, 2.24) is 9.97 Å². The number of hydrogen-bond acceptors (Lipinski definition) is 7. The van der Waals surface area contributed by atoms with E-state index in [1.54, 1.807) is 36.4 Å². The van der Waals surface area contributed by atoms with Gasteiger partial charge in [0.25, 0.3) is 11.8 Å². The third-order valence-electron chi connectivity index (χ3n) is 7.03. The number of piperidine rings is 2. The van der Waals surface area contributed by atoms with Crippen molar-refractivity contribution in [3.63, 3.8) is 0 Å². The third kappa shape index (κ3) is 7.01.